The molecule has 0 radical (unpaired) electrons. The molecule has 1 atom stereocenters. The number of rotatable bonds is 8. The van der Waals surface area contributed by atoms with Crippen molar-refractivity contribution in [3.05, 3.63) is 66.5 Å². The molecule has 0 saturated heterocycles. The molecule has 4 rings (SSSR count). The summed E-state index contributed by atoms with van der Waals surface area (Å²) in [6.07, 6.45) is 4.77. The van der Waals surface area contributed by atoms with E-state index < -0.39 is 6.10 Å². The smallest absolute Gasteiger partial charge is 0.163 e. The monoisotopic (exact) mass is 447 g/mol. The van der Waals surface area contributed by atoms with Crippen LogP contribution in [-0.2, 0) is 4.74 Å². The number of allylic oxidation sites excluding steroid dienone is 2. The lowest BCUT2D eigenvalue weighted by molar-refractivity contribution is 0.0950. The van der Waals surface area contributed by atoms with Crippen molar-refractivity contribution in [3.8, 4) is 23.3 Å². The summed E-state index contributed by atoms with van der Waals surface area (Å²) in [5, 5.41) is 9.60. The van der Waals surface area contributed by atoms with E-state index in [1.54, 1.807) is 26.6 Å². The fourth-order valence-electron chi connectivity index (χ4n) is 3.41. The molecule has 1 unspecified atom stereocenters. The molecule has 32 heavy (non-hydrogen) atoms. The van der Waals surface area contributed by atoms with Gasteiger partial charge in [-0.2, -0.15) is 5.26 Å². The molecule has 1 heterocycles. The highest BCUT2D eigenvalue weighted by molar-refractivity contribution is 7.81. The van der Waals surface area contributed by atoms with Crippen LogP contribution < -0.4 is 14.2 Å². The standard InChI is InChI=1S/C24H21N3O4S/c1-28-21-12-19-20(13-22(21)29-2)27(15-26-19)17-10-16(14-25)24(32)23(11-17)31-9-8-30-18-6-4-3-5-7-18/h3-7,10-13,15,23H,8-9H2,1-2H3. The van der Waals surface area contributed by atoms with E-state index in [9.17, 15) is 5.26 Å². The van der Waals surface area contributed by atoms with E-state index in [0.717, 1.165) is 22.5 Å². The summed E-state index contributed by atoms with van der Waals surface area (Å²) in [6, 6.07) is 15.3. The number of hydrogen-bond acceptors (Lipinski definition) is 7. The number of hydrogen-bond donors (Lipinski definition) is 0. The molecule has 2 aromatic carbocycles. The largest absolute Gasteiger partial charge is 0.493 e. The van der Waals surface area contributed by atoms with Gasteiger partial charge in [0.25, 0.3) is 0 Å². The van der Waals surface area contributed by atoms with E-state index in [1.807, 2.05) is 53.1 Å². The molecular weight excluding hydrogens is 426 g/mol. The second-order valence-corrected chi connectivity index (χ2v) is 7.33. The number of nitrogens with zero attached hydrogens (tertiary/aromatic N) is 3. The predicted molar refractivity (Wildman–Crippen MR) is 125 cm³/mol. The van der Waals surface area contributed by atoms with Gasteiger partial charge in [-0.05, 0) is 24.3 Å². The van der Waals surface area contributed by atoms with Crippen LogP contribution in [0.4, 0.5) is 0 Å². The van der Waals surface area contributed by atoms with E-state index in [0.29, 0.717) is 35.2 Å². The Morgan fingerprint density at radius 2 is 1.84 bits per heavy atom. The summed E-state index contributed by atoms with van der Waals surface area (Å²) in [7, 11) is 3.16. The van der Waals surface area contributed by atoms with Crippen LogP contribution in [0.3, 0.4) is 0 Å². The zero-order chi connectivity index (χ0) is 22.5. The maximum atomic E-state index is 9.60. The van der Waals surface area contributed by atoms with E-state index in [-0.39, 0.29) is 0 Å². The third-order valence-corrected chi connectivity index (χ3v) is 5.43. The van der Waals surface area contributed by atoms with Crippen LogP contribution in [0.2, 0.25) is 0 Å². The highest BCUT2D eigenvalue weighted by Crippen LogP contribution is 2.33. The Bertz CT molecular complexity index is 1240. The Morgan fingerprint density at radius 1 is 1.09 bits per heavy atom. The number of benzene rings is 2. The first-order chi connectivity index (χ1) is 15.6. The van der Waals surface area contributed by atoms with Crippen LogP contribution in [0.15, 0.2) is 66.5 Å². The van der Waals surface area contributed by atoms with Crippen molar-refractivity contribution in [1.82, 2.24) is 9.55 Å². The molecule has 3 aromatic rings. The Labute approximate surface area is 191 Å². The van der Waals surface area contributed by atoms with Gasteiger partial charge in [0.2, 0.25) is 0 Å². The second kappa shape index (κ2) is 9.64. The average Bonchev–Trinajstić information content (AvgIpc) is 3.25. The lowest BCUT2D eigenvalue weighted by Crippen LogP contribution is -2.27. The lowest BCUT2D eigenvalue weighted by atomic mass is 10.0. The summed E-state index contributed by atoms with van der Waals surface area (Å²) < 4.78 is 24.3. The number of aromatic nitrogens is 2. The first-order valence-corrected chi connectivity index (χ1v) is 10.3. The Kier molecular flexibility index (Phi) is 6.50. The third-order valence-electron chi connectivity index (χ3n) is 4.98. The van der Waals surface area contributed by atoms with Gasteiger partial charge in [-0.25, -0.2) is 4.98 Å². The highest BCUT2D eigenvalue weighted by Gasteiger charge is 2.24. The van der Waals surface area contributed by atoms with Crippen LogP contribution >= 0.6 is 12.2 Å². The van der Waals surface area contributed by atoms with Gasteiger partial charge in [0.1, 0.15) is 30.9 Å². The molecular formula is C24H21N3O4S. The highest BCUT2D eigenvalue weighted by atomic mass is 32.1. The van der Waals surface area contributed by atoms with Gasteiger partial charge in [-0.1, -0.05) is 30.4 Å². The summed E-state index contributed by atoms with van der Waals surface area (Å²) in [6.45, 7) is 0.681. The fraction of sp³-hybridized carbons (Fsp3) is 0.208. The minimum absolute atomic E-state index is 0.317. The van der Waals surface area contributed by atoms with Gasteiger partial charge in [0.15, 0.2) is 11.5 Å². The SMILES string of the molecule is COc1cc2ncn(C3=CC(OCCOc4ccccc4)C(=S)C(C#N)=C3)c2cc1OC. The number of ether oxygens (including phenoxy) is 4. The molecule has 0 amide bonds. The van der Waals surface area contributed by atoms with Crippen LogP contribution in [0, 0.1) is 11.3 Å². The topological polar surface area (TPSA) is 78.5 Å². The molecule has 0 fully saturated rings. The van der Waals surface area contributed by atoms with Crippen LogP contribution in [0.25, 0.3) is 16.7 Å². The average molecular weight is 448 g/mol. The zero-order valence-corrected chi connectivity index (χ0v) is 18.5. The van der Waals surface area contributed by atoms with E-state index in [1.165, 1.54) is 0 Å². The van der Waals surface area contributed by atoms with Crippen molar-refractivity contribution in [2.24, 2.45) is 0 Å². The quantitative estimate of drug-likeness (QED) is 0.378. The van der Waals surface area contributed by atoms with Gasteiger partial charge in [0, 0.05) is 17.8 Å². The van der Waals surface area contributed by atoms with Crippen molar-refractivity contribution >= 4 is 33.8 Å². The summed E-state index contributed by atoms with van der Waals surface area (Å²) in [5.74, 6) is 1.95. The molecule has 1 aromatic heterocycles. The van der Waals surface area contributed by atoms with Crippen LogP contribution in [-0.4, -0.2) is 48.0 Å². The molecule has 1 aliphatic carbocycles. The Morgan fingerprint density at radius 3 is 2.56 bits per heavy atom. The van der Waals surface area contributed by atoms with Crippen molar-refractivity contribution in [2.45, 2.75) is 6.10 Å². The third kappa shape index (κ3) is 4.35. The number of fused-ring (bicyclic) bond motifs is 1. The normalized spacial score (nSPS) is 15.7. The summed E-state index contributed by atoms with van der Waals surface area (Å²) >= 11 is 5.48. The molecule has 0 saturated carbocycles. The molecule has 0 aliphatic heterocycles. The van der Waals surface area contributed by atoms with Gasteiger partial charge in [-0.3, -0.25) is 4.57 Å². The molecule has 1 aliphatic rings. The van der Waals surface area contributed by atoms with Gasteiger partial charge in [0.05, 0.1) is 42.3 Å². The number of nitriles is 1. The lowest BCUT2D eigenvalue weighted by Gasteiger charge is -2.21. The van der Waals surface area contributed by atoms with Crippen molar-refractivity contribution in [1.29, 1.82) is 5.26 Å². The summed E-state index contributed by atoms with van der Waals surface area (Å²) in [5.41, 5.74) is 2.66. The zero-order valence-electron chi connectivity index (χ0n) is 17.6. The first-order valence-electron chi connectivity index (χ1n) is 9.91. The van der Waals surface area contributed by atoms with Gasteiger partial charge >= 0.3 is 0 Å². The molecule has 0 spiro atoms. The second-order valence-electron chi connectivity index (χ2n) is 6.89. The van der Waals surface area contributed by atoms with Crippen molar-refractivity contribution in [2.75, 3.05) is 27.4 Å². The number of thiocarbonyl (C=S) groups is 1. The van der Waals surface area contributed by atoms with Crippen molar-refractivity contribution in [3.63, 3.8) is 0 Å². The Balaban J connectivity index is 1.57. The molecule has 0 bridgehead atoms. The number of para-hydroxylation sites is 1. The van der Waals surface area contributed by atoms with Crippen molar-refractivity contribution < 1.29 is 18.9 Å². The maximum Gasteiger partial charge on any atom is 0.163 e. The number of imidazole rings is 1. The first kappa shape index (κ1) is 21.6. The van der Waals surface area contributed by atoms with Gasteiger partial charge < -0.3 is 18.9 Å². The van der Waals surface area contributed by atoms with Crippen LogP contribution in [0.1, 0.15) is 0 Å². The van der Waals surface area contributed by atoms with Crippen LogP contribution in [0.5, 0.6) is 17.2 Å². The molecule has 162 valence electrons. The van der Waals surface area contributed by atoms with E-state index in [2.05, 4.69) is 11.1 Å². The van der Waals surface area contributed by atoms with E-state index in [4.69, 9.17) is 31.2 Å². The van der Waals surface area contributed by atoms with Gasteiger partial charge in [-0.15, -0.1) is 0 Å². The number of methoxy groups -OCH3 is 2. The minimum atomic E-state index is -0.531. The maximum absolute atomic E-state index is 9.60. The van der Waals surface area contributed by atoms with E-state index >= 15 is 0 Å². The summed E-state index contributed by atoms with van der Waals surface area (Å²) in [4.78, 5) is 4.91. The minimum Gasteiger partial charge on any atom is -0.493 e. The predicted octanol–water partition coefficient (Wildman–Crippen LogP) is 4.19. The molecule has 7 nitrogen and oxygen atoms in total. The Hall–Kier alpha value is -3.67. The molecule has 8 heteroatoms. The fourth-order valence-corrected chi connectivity index (χ4v) is 3.65. The molecule has 0 N–H and O–H groups in total.